The first-order chi connectivity index (χ1) is 16.3. The first-order valence-corrected chi connectivity index (χ1v) is 11.8. The van der Waals surface area contributed by atoms with Gasteiger partial charge in [0, 0.05) is 24.3 Å². The Morgan fingerprint density at radius 3 is 2.76 bits per heavy atom. The third-order valence-corrected chi connectivity index (χ3v) is 5.96. The standard InChI is InChI=1S/C25H31ClN4O4/c1-16(2)20-15-34-21-9-8-18(26)13-19(21)24(32)28-10-4-5-12-30(14-22(31)29-20)25(33)23-17(3)7-6-11-27-23/h6-9,11,13,16,20H,4-5,10,12,14-15H2,1-3H3,(H,28,32)(H,29,31)/t20-/m0/s1. The Bertz CT molecular complexity index is 1040. The van der Waals surface area contributed by atoms with Gasteiger partial charge in [0.2, 0.25) is 5.91 Å². The summed E-state index contributed by atoms with van der Waals surface area (Å²) in [6.45, 7) is 6.62. The summed E-state index contributed by atoms with van der Waals surface area (Å²) in [7, 11) is 0. The van der Waals surface area contributed by atoms with Crippen molar-refractivity contribution in [2.75, 3.05) is 26.2 Å². The molecule has 2 aromatic rings. The second-order valence-corrected chi connectivity index (χ2v) is 9.16. The second kappa shape index (κ2) is 11.8. The van der Waals surface area contributed by atoms with Gasteiger partial charge < -0.3 is 20.3 Å². The summed E-state index contributed by atoms with van der Waals surface area (Å²) in [5.41, 5.74) is 1.43. The minimum Gasteiger partial charge on any atom is -0.491 e. The molecule has 0 bridgehead atoms. The van der Waals surface area contributed by atoms with Gasteiger partial charge in [-0.2, -0.15) is 0 Å². The highest BCUT2D eigenvalue weighted by Crippen LogP contribution is 2.24. The molecule has 2 N–H and O–H groups in total. The number of ether oxygens (including phenoxy) is 1. The van der Waals surface area contributed by atoms with Crippen LogP contribution in [0.4, 0.5) is 0 Å². The van der Waals surface area contributed by atoms with E-state index in [-0.39, 0.29) is 42.8 Å². The van der Waals surface area contributed by atoms with Gasteiger partial charge >= 0.3 is 0 Å². The molecule has 1 aromatic carbocycles. The van der Waals surface area contributed by atoms with Crippen LogP contribution in [0.3, 0.4) is 0 Å². The average molecular weight is 487 g/mol. The molecule has 0 saturated heterocycles. The number of aromatic nitrogens is 1. The van der Waals surface area contributed by atoms with Crippen LogP contribution in [0.15, 0.2) is 36.5 Å². The second-order valence-electron chi connectivity index (χ2n) is 8.73. The van der Waals surface area contributed by atoms with Crippen LogP contribution in [0.2, 0.25) is 5.02 Å². The van der Waals surface area contributed by atoms with Gasteiger partial charge in [-0.3, -0.25) is 19.4 Å². The highest BCUT2D eigenvalue weighted by molar-refractivity contribution is 6.31. The molecule has 1 atom stereocenters. The van der Waals surface area contributed by atoms with Crippen LogP contribution in [-0.4, -0.2) is 59.9 Å². The molecule has 0 unspecified atom stereocenters. The third kappa shape index (κ3) is 6.70. The van der Waals surface area contributed by atoms with Crippen molar-refractivity contribution < 1.29 is 19.1 Å². The molecule has 182 valence electrons. The summed E-state index contributed by atoms with van der Waals surface area (Å²) in [5.74, 6) is -0.384. The minimum atomic E-state index is -0.322. The summed E-state index contributed by atoms with van der Waals surface area (Å²) in [6, 6.07) is 8.16. The van der Waals surface area contributed by atoms with Crippen LogP contribution in [0.1, 0.15) is 53.1 Å². The van der Waals surface area contributed by atoms with E-state index in [0.717, 1.165) is 5.56 Å². The van der Waals surface area contributed by atoms with Crippen molar-refractivity contribution in [1.82, 2.24) is 20.5 Å². The average Bonchev–Trinajstić information content (AvgIpc) is 2.80. The molecule has 2 heterocycles. The number of fused-ring (bicyclic) bond motifs is 1. The van der Waals surface area contributed by atoms with Crippen LogP contribution in [0.5, 0.6) is 5.75 Å². The first-order valence-electron chi connectivity index (χ1n) is 11.5. The van der Waals surface area contributed by atoms with Crippen LogP contribution in [0, 0.1) is 12.8 Å². The highest BCUT2D eigenvalue weighted by atomic mass is 35.5. The molecule has 9 heteroatoms. The monoisotopic (exact) mass is 486 g/mol. The Hall–Kier alpha value is -3.13. The van der Waals surface area contributed by atoms with Gasteiger partial charge in [0.15, 0.2) is 0 Å². The lowest BCUT2D eigenvalue weighted by Gasteiger charge is -2.26. The number of rotatable bonds is 2. The van der Waals surface area contributed by atoms with Crippen LogP contribution < -0.4 is 15.4 Å². The zero-order valence-corrected chi connectivity index (χ0v) is 20.5. The van der Waals surface area contributed by atoms with E-state index in [1.165, 1.54) is 4.90 Å². The van der Waals surface area contributed by atoms with Gasteiger partial charge in [-0.15, -0.1) is 0 Å². The topological polar surface area (TPSA) is 101 Å². The number of aryl methyl sites for hydroxylation is 1. The van der Waals surface area contributed by atoms with Crippen LogP contribution >= 0.6 is 11.6 Å². The van der Waals surface area contributed by atoms with Crippen molar-refractivity contribution in [3.8, 4) is 5.75 Å². The number of hydrogen-bond donors (Lipinski definition) is 2. The number of pyridine rings is 1. The quantitative estimate of drug-likeness (QED) is 0.678. The van der Waals surface area contributed by atoms with Gasteiger partial charge in [0.1, 0.15) is 18.1 Å². The van der Waals surface area contributed by atoms with Crippen molar-refractivity contribution in [3.05, 3.63) is 58.4 Å². The van der Waals surface area contributed by atoms with E-state index in [1.807, 2.05) is 26.8 Å². The lowest BCUT2D eigenvalue weighted by Crippen LogP contribution is -2.48. The Morgan fingerprint density at radius 2 is 2.03 bits per heavy atom. The van der Waals surface area contributed by atoms with Gasteiger partial charge in [-0.25, -0.2) is 0 Å². The largest absolute Gasteiger partial charge is 0.491 e. The highest BCUT2D eigenvalue weighted by Gasteiger charge is 2.25. The molecule has 8 nitrogen and oxygen atoms in total. The van der Waals surface area contributed by atoms with E-state index in [0.29, 0.717) is 48.0 Å². The maximum atomic E-state index is 13.2. The van der Waals surface area contributed by atoms with Crippen molar-refractivity contribution in [3.63, 3.8) is 0 Å². The number of carbonyl (C=O) groups excluding carboxylic acids is 3. The van der Waals surface area contributed by atoms with Gasteiger partial charge in [-0.1, -0.05) is 31.5 Å². The zero-order valence-electron chi connectivity index (χ0n) is 19.8. The fraction of sp³-hybridized carbons (Fsp3) is 0.440. The Labute approximate surface area is 205 Å². The van der Waals surface area contributed by atoms with E-state index in [2.05, 4.69) is 15.6 Å². The maximum absolute atomic E-state index is 13.2. The molecule has 0 radical (unpaired) electrons. The molecule has 0 fully saturated rings. The summed E-state index contributed by atoms with van der Waals surface area (Å²) in [4.78, 5) is 44.6. The molecule has 3 rings (SSSR count). The SMILES string of the molecule is Cc1cccnc1C(=O)N1CCCCNC(=O)c2cc(Cl)ccc2OC[C@@H](C(C)C)NC(=O)C1. The van der Waals surface area contributed by atoms with E-state index in [4.69, 9.17) is 16.3 Å². The van der Waals surface area contributed by atoms with Crippen molar-refractivity contribution in [1.29, 1.82) is 0 Å². The summed E-state index contributed by atoms with van der Waals surface area (Å²) in [6.07, 6.45) is 2.81. The number of amides is 3. The predicted molar refractivity (Wildman–Crippen MR) is 130 cm³/mol. The maximum Gasteiger partial charge on any atom is 0.273 e. The molecular formula is C25H31ClN4O4. The third-order valence-electron chi connectivity index (χ3n) is 5.73. The molecule has 3 amide bonds. The molecule has 0 saturated carbocycles. The van der Waals surface area contributed by atoms with Crippen molar-refractivity contribution in [2.45, 2.75) is 39.7 Å². The van der Waals surface area contributed by atoms with Crippen LogP contribution in [0.25, 0.3) is 0 Å². The summed E-state index contributed by atoms with van der Waals surface area (Å²) in [5, 5.41) is 6.31. The van der Waals surface area contributed by atoms with Crippen LogP contribution in [-0.2, 0) is 4.79 Å². The number of nitrogens with zero attached hydrogens (tertiary/aromatic N) is 2. The first kappa shape index (κ1) is 25.5. The van der Waals surface area contributed by atoms with Gasteiger partial charge in [-0.05, 0) is 55.5 Å². The van der Waals surface area contributed by atoms with E-state index >= 15 is 0 Å². The predicted octanol–water partition coefficient (Wildman–Crippen LogP) is 3.23. The number of hydrogen-bond acceptors (Lipinski definition) is 5. The Kier molecular flexibility index (Phi) is 8.87. The molecule has 1 aromatic heterocycles. The van der Waals surface area contributed by atoms with Gasteiger partial charge in [0.25, 0.3) is 11.8 Å². The Balaban J connectivity index is 1.83. The van der Waals surface area contributed by atoms with E-state index in [1.54, 1.807) is 30.5 Å². The summed E-state index contributed by atoms with van der Waals surface area (Å²) < 4.78 is 5.95. The number of nitrogens with one attached hydrogen (secondary N) is 2. The molecule has 0 aliphatic carbocycles. The Morgan fingerprint density at radius 1 is 1.24 bits per heavy atom. The van der Waals surface area contributed by atoms with Crippen molar-refractivity contribution >= 4 is 29.3 Å². The summed E-state index contributed by atoms with van der Waals surface area (Å²) >= 11 is 6.11. The fourth-order valence-corrected chi connectivity index (χ4v) is 3.82. The normalized spacial score (nSPS) is 18.1. The molecule has 1 aliphatic heterocycles. The lowest BCUT2D eigenvalue weighted by molar-refractivity contribution is -0.123. The molecule has 0 spiro atoms. The number of carbonyl (C=O) groups is 3. The molecule has 34 heavy (non-hydrogen) atoms. The lowest BCUT2D eigenvalue weighted by atomic mass is 10.1. The fourth-order valence-electron chi connectivity index (χ4n) is 3.65. The van der Waals surface area contributed by atoms with E-state index in [9.17, 15) is 14.4 Å². The molecule has 1 aliphatic rings. The number of halogens is 1. The van der Waals surface area contributed by atoms with E-state index < -0.39 is 0 Å². The minimum absolute atomic E-state index is 0.0615. The molecular weight excluding hydrogens is 456 g/mol. The number of benzene rings is 1. The zero-order chi connectivity index (χ0) is 24.7. The van der Waals surface area contributed by atoms with Crippen molar-refractivity contribution in [2.24, 2.45) is 5.92 Å². The van der Waals surface area contributed by atoms with Gasteiger partial charge in [0.05, 0.1) is 18.2 Å². The smallest absolute Gasteiger partial charge is 0.273 e.